The molecule has 0 unspecified atom stereocenters. The van der Waals surface area contributed by atoms with Crippen molar-refractivity contribution in [1.82, 2.24) is 9.97 Å². The average Bonchev–Trinajstić information content (AvgIpc) is 3.32. The van der Waals surface area contributed by atoms with Gasteiger partial charge in [0.15, 0.2) is 0 Å². The highest BCUT2D eigenvalue weighted by Crippen LogP contribution is 2.18. The lowest BCUT2D eigenvalue weighted by atomic mass is 10.2. The number of H-pyrrole nitrogens is 2. The number of hydrogen-bond donors (Lipinski definition) is 2. The largest absolute Gasteiger partial charge is 0.429 e. The number of nitrogens with one attached hydrogen (secondary N) is 2. The number of alkyl halides is 1. The fourth-order valence-electron chi connectivity index (χ4n) is 2.32. The summed E-state index contributed by atoms with van der Waals surface area (Å²) in [6, 6.07) is 15.9. The molecule has 5 heteroatoms. The third kappa shape index (κ3) is 6.98. The van der Waals surface area contributed by atoms with E-state index in [1.54, 1.807) is 12.1 Å². The maximum absolute atomic E-state index is 10.0. The van der Waals surface area contributed by atoms with Gasteiger partial charge in [0.25, 0.3) is 6.47 Å². The number of hydrogen-bond acceptors (Lipinski definition) is 2. The number of aromatic amines is 2. The van der Waals surface area contributed by atoms with Crippen LogP contribution in [-0.2, 0) is 4.79 Å². The number of aryl methyl sites for hydroxylation is 1. The predicted molar refractivity (Wildman–Crippen MR) is 111 cm³/mol. The van der Waals surface area contributed by atoms with Crippen LogP contribution in [0.2, 0.25) is 0 Å². The van der Waals surface area contributed by atoms with E-state index in [0.29, 0.717) is 12.2 Å². The summed E-state index contributed by atoms with van der Waals surface area (Å²) in [4.78, 5) is 16.2. The topological polar surface area (TPSA) is 57.9 Å². The lowest BCUT2D eigenvalue weighted by Crippen LogP contribution is -1.87. The second kappa shape index (κ2) is 12.3. The molecule has 2 N–H and O–H groups in total. The van der Waals surface area contributed by atoms with Crippen molar-refractivity contribution in [2.45, 2.75) is 27.2 Å². The average molecular weight is 371 g/mol. The SMILES string of the molecule is CCC.Cc1ccc2cc[nH]c2c1.O=COc1ccc2cc[nH]c2c1.[2H]CF. The number of halogens is 1. The summed E-state index contributed by atoms with van der Waals surface area (Å²) in [5.74, 6) is 0.556. The number of carbonyl (C=O) groups is 1. The summed E-state index contributed by atoms with van der Waals surface area (Å²) in [6.07, 6.45) is 5.06. The van der Waals surface area contributed by atoms with Gasteiger partial charge in [0.2, 0.25) is 0 Å². The standard InChI is InChI=1S/C9H7NO2.C9H9N.C3H8.CH3F/c11-6-12-8-2-1-7-3-4-10-9(7)5-8;1-7-2-3-8-4-5-10-9(8)6-7;1-3-2;1-2/h1-6,10H;2-6,10H,1H3;3H2,1-2H3;1H3/i;;;1D. The molecule has 144 valence electrons. The van der Waals surface area contributed by atoms with Gasteiger partial charge in [-0.25, -0.2) is 0 Å². The number of aromatic nitrogens is 2. The molecule has 0 radical (unpaired) electrons. The third-order valence-corrected chi connectivity index (χ3v) is 3.42. The highest BCUT2D eigenvalue weighted by molar-refractivity contribution is 5.81. The van der Waals surface area contributed by atoms with Gasteiger partial charge < -0.3 is 14.7 Å². The molecule has 0 bridgehead atoms. The Morgan fingerprint density at radius 1 is 1.00 bits per heavy atom. The van der Waals surface area contributed by atoms with E-state index >= 15 is 0 Å². The molecule has 0 spiro atoms. The predicted octanol–water partition coefficient (Wildman–Crippen LogP) is 6.18. The first kappa shape index (κ1) is 20.2. The van der Waals surface area contributed by atoms with Crippen molar-refractivity contribution < 1.29 is 15.3 Å². The van der Waals surface area contributed by atoms with Crippen LogP contribution in [0.5, 0.6) is 5.75 Å². The van der Waals surface area contributed by atoms with E-state index in [0.717, 1.165) is 10.9 Å². The van der Waals surface area contributed by atoms with Gasteiger partial charge in [0.1, 0.15) is 5.75 Å². The van der Waals surface area contributed by atoms with Crippen LogP contribution < -0.4 is 4.74 Å². The van der Waals surface area contributed by atoms with Crippen molar-refractivity contribution in [2.24, 2.45) is 0 Å². The lowest BCUT2D eigenvalue weighted by molar-refractivity contribution is -0.120. The van der Waals surface area contributed by atoms with E-state index in [9.17, 15) is 9.18 Å². The molecule has 0 atom stereocenters. The summed E-state index contributed by atoms with van der Waals surface area (Å²) in [5, 5.41) is 2.39. The molecule has 2 aromatic heterocycles. The summed E-state index contributed by atoms with van der Waals surface area (Å²) in [7, 11) is -1.00. The monoisotopic (exact) mass is 371 g/mol. The van der Waals surface area contributed by atoms with Crippen molar-refractivity contribution in [1.29, 1.82) is 0 Å². The van der Waals surface area contributed by atoms with Gasteiger partial charge in [-0.1, -0.05) is 32.4 Å². The first-order valence-corrected chi connectivity index (χ1v) is 8.65. The fourth-order valence-corrected chi connectivity index (χ4v) is 2.32. The Bertz CT molecular complexity index is 948. The normalized spacial score (nSPS) is 9.70. The maximum Gasteiger partial charge on any atom is 0.298 e. The van der Waals surface area contributed by atoms with Gasteiger partial charge >= 0.3 is 0 Å². The highest BCUT2D eigenvalue weighted by Gasteiger charge is 1.96. The van der Waals surface area contributed by atoms with E-state index in [-0.39, 0.29) is 0 Å². The van der Waals surface area contributed by atoms with Crippen molar-refractivity contribution in [3.05, 3.63) is 66.5 Å². The fraction of sp³-hybridized carbons (Fsp3) is 0.227. The Morgan fingerprint density at radius 2 is 1.52 bits per heavy atom. The van der Waals surface area contributed by atoms with Crippen molar-refractivity contribution in [2.75, 3.05) is 7.15 Å². The highest BCUT2D eigenvalue weighted by atomic mass is 19.1. The van der Waals surface area contributed by atoms with Gasteiger partial charge in [0.05, 0.1) is 8.52 Å². The quantitative estimate of drug-likeness (QED) is 0.413. The zero-order valence-electron chi connectivity index (χ0n) is 17.0. The van der Waals surface area contributed by atoms with Crippen molar-refractivity contribution in [3.63, 3.8) is 0 Å². The Morgan fingerprint density at radius 3 is 2.07 bits per heavy atom. The van der Waals surface area contributed by atoms with E-state index in [1.165, 1.54) is 22.9 Å². The number of ether oxygens (including phenoxy) is 1. The molecule has 4 aromatic rings. The van der Waals surface area contributed by atoms with Crippen LogP contribution in [0.25, 0.3) is 21.8 Å². The molecule has 0 amide bonds. The maximum atomic E-state index is 10.0. The molecule has 2 aromatic carbocycles. The van der Waals surface area contributed by atoms with Crippen LogP contribution in [0.1, 0.15) is 27.2 Å². The van der Waals surface area contributed by atoms with Crippen molar-refractivity contribution >= 4 is 28.3 Å². The van der Waals surface area contributed by atoms with Crippen LogP contribution in [0.4, 0.5) is 4.39 Å². The van der Waals surface area contributed by atoms with Crippen LogP contribution in [0.15, 0.2) is 60.9 Å². The van der Waals surface area contributed by atoms with E-state index < -0.39 is 7.15 Å². The Balaban J connectivity index is 0.000000222. The molecule has 0 aliphatic rings. The molecule has 0 aliphatic carbocycles. The van der Waals surface area contributed by atoms with Crippen LogP contribution in [-0.4, -0.2) is 23.6 Å². The molecule has 4 rings (SSSR count). The Labute approximate surface area is 160 Å². The number of carbonyl (C=O) groups excluding carboxylic acids is 1. The van der Waals surface area contributed by atoms with E-state index in [1.807, 2.05) is 24.5 Å². The van der Waals surface area contributed by atoms with Crippen LogP contribution in [0.3, 0.4) is 0 Å². The molecule has 4 nitrogen and oxygen atoms in total. The van der Waals surface area contributed by atoms with Gasteiger partial charge in [-0.05, 0) is 53.6 Å². The zero-order valence-corrected chi connectivity index (χ0v) is 16.0. The number of benzene rings is 2. The Hall–Kier alpha value is -3.08. The minimum atomic E-state index is -1.00. The van der Waals surface area contributed by atoms with E-state index in [2.05, 4.69) is 59.7 Å². The van der Waals surface area contributed by atoms with Gasteiger partial charge in [-0.2, -0.15) is 0 Å². The van der Waals surface area contributed by atoms with Crippen LogP contribution in [0, 0.1) is 6.92 Å². The number of fused-ring (bicyclic) bond motifs is 2. The molecule has 0 saturated heterocycles. The first-order chi connectivity index (χ1) is 13.6. The molecular weight excluding hydrogens is 343 g/mol. The Kier molecular flexibility index (Phi) is 9.22. The second-order valence-corrected chi connectivity index (χ2v) is 5.72. The van der Waals surface area contributed by atoms with Crippen molar-refractivity contribution in [3.8, 4) is 5.75 Å². The van der Waals surface area contributed by atoms with Crippen LogP contribution >= 0.6 is 0 Å². The molecule has 0 fully saturated rings. The smallest absolute Gasteiger partial charge is 0.298 e. The van der Waals surface area contributed by atoms with Gasteiger partial charge in [0, 0.05) is 29.5 Å². The van der Waals surface area contributed by atoms with Gasteiger partial charge in [-0.3, -0.25) is 9.18 Å². The molecule has 27 heavy (non-hydrogen) atoms. The third-order valence-electron chi connectivity index (χ3n) is 3.42. The zero-order chi connectivity index (χ0) is 20.8. The minimum absolute atomic E-state index is 0.421. The molecule has 0 aliphatic heterocycles. The molecular formula is C22H27FN2O2. The van der Waals surface area contributed by atoms with Gasteiger partial charge in [-0.15, -0.1) is 0 Å². The molecule has 0 saturated carbocycles. The van der Waals surface area contributed by atoms with E-state index in [4.69, 9.17) is 1.37 Å². The summed E-state index contributed by atoms with van der Waals surface area (Å²) < 4.78 is 20.2. The minimum Gasteiger partial charge on any atom is -0.429 e. The molecule has 2 heterocycles. The first-order valence-electron chi connectivity index (χ1n) is 9.36. The second-order valence-electron chi connectivity index (χ2n) is 5.72. The summed E-state index contributed by atoms with van der Waals surface area (Å²) in [5.41, 5.74) is 3.49. The lowest BCUT2D eigenvalue weighted by Gasteiger charge is -1.96. The number of rotatable bonds is 2. The summed E-state index contributed by atoms with van der Waals surface area (Å²) >= 11 is 0. The summed E-state index contributed by atoms with van der Waals surface area (Å²) in [6.45, 7) is 6.77.